The molecule has 0 radical (unpaired) electrons. The molecule has 0 amide bonds. The van der Waals surface area contributed by atoms with Crippen LogP contribution < -0.4 is 0 Å². The molecule has 1 aromatic heterocycles. The van der Waals surface area contributed by atoms with Crippen LogP contribution in [0.5, 0.6) is 0 Å². The number of alkyl halides is 3. The molecule has 8 heteroatoms. The van der Waals surface area contributed by atoms with Gasteiger partial charge in [-0.3, -0.25) is 5.10 Å². The Bertz CT molecular complexity index is 681. The van der Waals surface area contributed by atoms with E-state index in [9.17, 15) is 17.6 Å². The molecule has 0 aliphatic rings. The van der Waals surface area contributed by atoms with Gasteiger partial charge in [0, 0.05) is 5.56 Å². The average Bonchev–Trinajstić information content (AvgIpc) is 2.30. The Hall–Kier alpha value is -1.47. The predicted octanol–water partition coefficient (Wildman–Crippen LogP) is 4.62. The fourth-order valence-electron chi connectivity index (χ4n) is 1.51. The van der Waals surface area contributed by atoms with Gasteiger partial charge < -0.3 is 0 Å². The van der Waals surface area contributed by atoms with E-state index >= 15 is 0 Å². The summed E-state index contributed by atoms with van der Waals surface area (Å²) in [6.07, 6.45) is -4.73. The van der Waals surface area contributed by atoms with Crippen LogP contribution in [-0.4, -0.2) is 10.2 Å². The highest BCUT2D eigenvalue weighted by molar-refractivity contribution is 7.71. The summed E-state index contributed by atoms with van der Waals surface area (Å²) >= 11 is 10.6. The van der Waals surface area contributed by atoms with E-state index in [1.165, 1.54) is 6.07 Å². The molecule has 100 valence electrons. The van der Waals surface area contributed by atoms with Gasteiger partial charge in [0.25, 0.3) is 0 Å². The summed E-state index contributed by atoms with van der Waals surface area (Å²) in [5.74, 6) is -1.37. The molecule has 0 aliphatic heterocycles. The molecule has 19 heavy (non-hydrogen) atoms. The highest BCUT2D eigenvalue weighted by atomic mass is 35.5. The van der Waals surface area contributed by atoms with Crippen LogP contribution in [0, 0.1) is 10.5 Å². The zero-order valence-electron chi connectivity index (χ0n) is 9.05. The maximum atomic E-state index is 13.5. The topological polar surface area (TPSA) is 28.7 Å². The Morgan fingerprint density at radius 3 is 2.47 bits per heavy atom. The summed E-state index contributed by atoms with van der Waals surface area (Å²) in [5.41, 5.74) is -0.829. The Morgan fingerprint density at radius 1 is 1.21 bits per heavy atom. The van der Waals surface area contributed by atoms with Crippen molar-refractivity contribution in [2.75, 3.05) is 0 Å². The lowest BCUT2D eigenvalue weighted by Crippen LogP contribution is -2.07. The molecule has 1 N–H and O–H groups in total. The largest absolute Gasteiger partial charge is 0.419 e. The summed E-state index contributed by atoms with van der Waals surface area (Å²) in [6, 6.07) is 3.90. The maximum Gasteiger partial charge on any atom is 0.419 e. The second-order valence-corrected chi connectivity index (χ2v) is 4.42. The van der Waals surface area contributed by atoms with Crippen molar-refractivity contribution in [3.05, 3.63) is 45.4 Å². The van der Waals surface area contributed by atoms with Gasteiger partial charge in [-0.1, -0.05) is 29.9 Å². The van der Waals surface area contributed by atoms with Gasteiger partial charge in [-0.25, -0.2) is 4.39 Å². The molecule has 0 spiro atoms. The van der Waals surface area contributed by atoms with E-state index in [0.717, 1.165) is 12.1 Å². The molecule has 0 saturated carbocycles. The van der Waals surface area contributed by atoms with Crippen molar-refractivity contribution in [2.24, 2.45) is 0 Å². The van der Waals surface area contributed by atoms with Crippen molar-refractivity contribution in [3.63, 3.8) is 0 Å². The highest BCUT2D eigenvalue weighted by Gasteiger charge is 2.33. The summed E-state index contributed by atoms with van der Waals surface area (Å²) in [7, 11) is 0. The number of H-pyrrole nitrogens is 1. The number of benzene rings is 1. The van der Waals surface area contributed by atoms with E-state index in [2.05, 4.69) is 10.2 Å². The lowest BCUT2D eigenvalue weighted by Gasteiger charge is -2.09. The average molecular weight is 309 g/mol. The SMILES string of the molecule is Fc1cc(-c2cc(Cl)n[nH]c2=S)ccc1C(F)(F)F. The number of hydrogen-bond donors (Lipinski definition) is 1. The van der Waals surface area contributed by atoms with Gasteiger partial charge in [-0.15, -0.1) is 0 Å². The number of hydrogen-bond acceptors (Lipinski definition) is 2. The second kappa shape index (κ2) is 4.90. The third-order valence-corrected chi connectivity index (χ3v) is 2.86. The first-order chi connectivity index (χ1) is 8.79. The second-order valence-electron chi connectivity index (χ2n) is 3.63. The minimum Gasteiger partial charge on any atom is -0.266 e. The van der Waals surface area contributed by atoms with Crippen LogP contribution in [0.4, 0.5) is 17.6 Å². The predicted molar refractivity (Wildman–Crippen MR) is 64.8 cm³/mol. The summed E-state index contributed by atoms with van der Waals surface area (Å²) in [4.78, 5) is 0. The van der Waals surface area contributed by atoms with Crippen LogP contribution in [0.1, 0.15) is 5.56 Å². The minimum absolute atomic E-state index is 0.0731. The van der Waals surface area contributed by atoms with Gasteiger partial charge in [-0.05, 0) is 23.8 Å². The molecule has 0 fully saturated rings. The Kier molecular flexibility index (Phi) is 3.60. The smallest absolute Gasteiger partial charge is 0.266 e. The molecule has 1 heterocycles. The molecule has 0 bridgehead atoms. The summed E-state index contributed by atoms with van der Waals surface area (Å²) in [5, 5.41) is 6.10. The molecule has 0 unspecified atom stereocenters. The number of nitrogens with one attached hydrogen (secondary N) is 1. The number of aromatic amines is 1. The summed E-state index contributed by atoms with van der Waals surface area (Å²) in [6.45, 7) is 0. The fraction of sp³-hybridized carbons (Fsp3) is 0.0909. The van der Waals surface area contributed by atoms with E-state index < -0.39 is 17.6 Å². The van der Waals surface area contributed by atoms with E-state index in [-0.39, 0.29) is 15.4 Å². The van der Waals surface area contributed by atoms with Crippen LogP contribution >= 0.6 is 23.8 Å². The molecule has 2 rings (SSSR count). The van der Waals surface area contributed by atoms with Crippen molar-refractivity contribution in [3.8, 4) is 11.1 Å². The van der Waals surface area contributed by atoms with E-state index in [4.69, 9.17) is 23.8 Å². The fourth-order valence-corrected chi connectivity index (χ4v) is 1.88. The third-order valence-electron chi connectivity index (χ3n) is 2.36. The standard InChI is InChI=1S/C11H5ClF4N2S/c12-9-4-6(10(19)18-17-9)5-1-2-7(8(13)3-5)11(14,15)16/h1-4H,(H,18,19). The molecule has 0 saturated heterocycles. The molecular formula is C11H5ClF4N2S. The molecule has 1 aromatic carbocycles. The van der Waals surface area contributed by atoms with Gasteiger partial charge in [0.05, 0.1) is 5.56 Å². The monoisotopic (exact) mass is 308 g/mol. The van der Waals surface area contributed by atoms with Gasteiger partial charge in [0.1, 0.15) is 15.6 Å². The quantitative estimate of drug-likeness (QED) is 0.615. The van der Waals surface area contributed by atoms with Crippen LogP contribution in [0.2, 0.25) is 5.15 Å². The minimum atomic E-state index is -4.73. The van der Waals surface area contributed by atoms with Crippen LogP contribution in [0.15, 0.2) is 24.3 Å². The van der Waals surface area contributed by atoms with Crippen LogP contribution in [0.25, 0.3) is 11.1 Å². The number of halogens is 5. The molecule has 0 aliphatic carbocycles. The first kappa shape index (κ1) is 14.0. The zero-order valence-corrected chi connectivity index (χ0v) is 10.6. The van der Waals surface area contributed by atoms with E-state index in [0.29, 0.717) is 11.6 Å². The molecule has 2 aromatic rings. The van der Waals surface area contributed by atoms with Gasteiger partial charge in [0.15, 0.2) is 0 Å². The first-order valence-corrected chi connectivity index (χ1v) is 5.70. The van der Waals surface area contributed by atoms with E-state index in [1.54, 1.807) is 0 Å². The normalized spacial score (nSPS) is 11.6. The number of nitrogens with zero attached hydrogens (tertiary/aromatic N) is 1. The van der Waals surface area contributed by atoms with E-state index in [1.807, 2.05) is 0 Å². The third kappa shape index (κ3) is 2.93. The Morgan fingerprint density at radius 2 is 1.89 bits per heavy atom. The number of rotatable bonds is 1. The maximum absolute atomic E-state index is 13.5. The van der Waals surface area contributed by atoms with Crippen LogP contribution in [-0.2, 0) is 6.18 Å². The lowest BCUT2D eigenvalue weighted by atomic mass is 10.1. The van der Waals surface area contributed by atoms with Crippen molar-refractivity contribution in [1.29, 1.82) is 0 Å². The molecule has 2 nitrogen and oxygen atoms in total. The molecule has 0 atom stereocenters. The van der Waals surface area contributed by atoms with Crippen molar-refractivity contribution in [2.45, 2.75) is 6.18 Å². The highest BCUT2D eigenvalue weighted by Crippen LogP contribution is 2.33. The number of aromatic nitrogens is 2. The van der Waals surface area contributed by atoms with Crippen molar-refractivity contribution >= 4 is 23.8 Å². The van der Waals surface area contributed by atoms with Crippen LogP contribution in [0.3, 0.4) is 0 Å². The zero-order chi connectivity index (χ0) is 14.2. The lowest BCUT2D eigenvalue weighted by molar-refractivity contribution is -0.139. The van der Waals surface area contributed by atoms with Crippen molar-refractivity contribution in [1.82, 2.24) is 10.2 Å². The Labute approximate surface area is 115 Å². The summed E-state index contributed by atoms with van der Waals surface area (Å²) < 4.78 is 50.9. The van der Waals surface area contributed by atoms with Gasteiger partial charge in [0.2, 0.25) is 0 Å². The van der Waals surface area contributed by atoms with Crippen molar-refractivity contribution < 1.29 is 17.6 Å². The van der Waals surface area contributed by atoms with Gasteiger partial charge >= 0.3 is 6.18 Å². The van der Waals surface area contributed by atoms with Gasteiger partial charge in [-0.2, -0.15) is 18.3 Å². The first-order valence-electron chi connectivity index (χ1n) is 4.91. The molecular weight excluding hydrogens is 304 g/mol. The Balaban J connectivity index is 2.57.